The number of carbonyl (C=O) groups is 1. The molecule has 1 aromatic heterocycles. The van der Waals surface area contributed by atoms with E-state index in [4.69, 9.17) is 4.74 Å². The molecule has 162 valence electrons. The second kappa shape index (κ2) is 10.4. The van der Waals surface area contributed by atoms with Crippen molar-refractivity contribution >= 4 is 23.2 Å². The molecular weight excluding hydrogens is 400 g/mol. The molecule has 0 atom stereocenters. The van der Waals surface area contributed by atoms with Gasteiger partial charge in [-0.1, -0.05) is 55.8 Å². The lowest BCUT2D eigenvalue weighted by molar-refractivity contribution is 0.0955. The molecule has 1 amide bonds. The molecule has 0 saturated heterocycles. The van der Waals surface area contributed by atoms with Crippen molar-refractivity contribution in [3.8, 4) is 5.75 Å². The van der Waals surface area contributed by atoms with Crippen LogP contribution in [0.25, 0.3) is 11.0 Å². The molecule has 6 nitrogen and oxygen atoms in total. The van der Waals surface area contributed by atoms with Crippen molar-refractivity contribution in [3.05, 3.63) is 95.3 Å². The largest absolute Gasteiger partial charge is 0.494 e. The molecule has 0 aliphatic heterocycles. The molecule has 1 heterocycles. The number of carbonyl (C=O) groups excluding carboxylic acids is 1. The molecule has 0 saturated carbocycles. The number of nitrogens with one attached hydrogen (secondary N) is 2. The van der Waals surface area contributed by atoms with Crippen LogP contribution in [0.5, 0.6) is 5.75 Å². The Morgan fingerprint density at radius 2 is 1.97 bits per heavy atom. The minimum Gasteiger partial charge on any atom is -0.494 e. The fourth-order valence-electron chi connectivity index (χ4n) is 3.33. The summed E-state index contributed by atoms with van der Waals surface area (Å²) in [5.74, 6) is 1.38. The van der Waals surface area contributed by atoms with Crippen molar-refractivity contribution in [2.75, 3.05) is 6.61 Å². The van der Waals surface area contributed by atoms with Crippen molar-refractivity contribution < 1.29 is 9.53 Å². The molecule has 0 spiro atoms. The number of aromatic amines is 1. The van der Waals surface area contributed by atoms with Gasteiger partial charge in [0.05, 0.1) is 23.9 Å². The van der Waals surface area contributed by atoms with Crippen LogP contribution in [0.4, 0.5) is 0 Å². The predicted octanol–water partition coefficient (Wildman–Crippen LogP) is 5.10. The lowest BCUT2D eigenvalue weighted by atomic mass is 10.1. The van der Waals surface area contributed by atoms with Gasteiger partial charge in [-0.15, -0.1) is 0 Å². The predicted molar refractivity (Wildman–Crippen MR) is 127 cm³/mol. The molecule has 0 aliphatic carbocycles. The molecule has 32 heavy (non-hydrogen) atoms. The maximum absolute atomic E-state index is 12.5. The number of ether oxygens (including phenoxy) is 1. The van der Waals surface area contributed by atoms with Gasteiger partial charge in [0.2, 0.25) is 0 Å². The summed E-state index contributed by atoms with van der Waals surface area (Å²) in [6, 6.07) is 23.2. The summed E-state index contributed by atoms with van der Waals surface area (Å²) in [5, 5.41) is 4.09. The van der Waals surface area contributed by atoms with E-state index in [9.17, 15) is 4.79 Å². The Labute approximate surface area is 187 Å². The number of unbranched alkanes of at least 4 members (excludes halogenated alkanes) is 1. The van der Waals surface area contributed by atoms with E-state index in [0.29, 0.717) is 18.6 Å². The first-order valence-corrected chi connectivity index (χ1v) is 10.8. The van der Waals surface area contributed by atoms with Crippen LogP contribution in [0.1, 0.15) is 47.1 Å². The number of H-pyrrole nitrogens is 1. The van der Waals surface area contributed by atoms with E-state index in [1.54, 1.807) is 18.3 Å². The molecule has 4 rings (SSSR count). The second-order valence-corrected chi connectivity index (χ2v) is 7.55. The number of benzene rings is 3. The highest BCUT2D eigenvalue weighted by Crippen LogP contribution is 2.16. The number of aromatic nitrogens is 2. The molecule has 0 radical (unpaired) electrons. The Morgan fingerprint density at radius 1 is 1.09 bits per heavy atom. The van der Waals surface area contributed by atoms with Crippen LogP contribution >= 0.6 is 0 Å². The molecule has 0 fully saturated rings. The quantitative estimate of drug-likeness (QED) is 0.222. The Hall–Kier alpha value is -3.93. The number of fused-ring (bicyclic) bond motifs is 1. The highest BCUT2D eigenvalue weighted by molar-refractivity contribution is 5.97. The smallest absolute Gasteiger partial charge is 0.271 e. The van der Waals surface area contributed by atoms with Crippen molar-refractivity contribution in [2.45, 2.75) is 26.2 Å². The van der Waals surface area contributed by atoms with Crippen molar-refractivity contribution in [1.82, 2.24) is 15.4 Å². The Kier molecular flexibility index (Phi) is 6.92. The number of hydrogen-bond acceptors (Lipinski definition) is 4. The fraction of sp³-hybridized carbons (Fsp3) is 0.192. The van der Waals surface area contributed by atoms with E-state index in [2.05, 4.69) is 39.6 Å². The maximum Gasteiger partial charge on any atom is 0.271 e. The molecule has 0 bridgehead atoms. The summed E-state index contributed by atoms with van der Waals surface area (Å²) in [6.45, 7) is 2.82. The van der Waals surface area contributed by atoms with Gasteiger partial charge in [0.25, 0.3) is 5.91 Å². The third-order valence-corrected chi connectivity index (χ3v) is 5.01. The van der Waals surface area contributed by atoms with Crippen LogP contribution in [-0.4, -0.2) is 28.7 Å². The van der Waals surface area contributed by atoms with Crippen LogP contribution in [0.3, 0.4) is 0 Å². The zero-order valence-corrected chi connectivity index (χ0v) is 18.0. The average Bonchev–Trinajstić information content (AvgIpc) is 3.21. The van der Waals surface area contributed by atoms with Gasteiger partial charge in [-0.3, -0.25) is 4.79 Å². The molecule has 4 aromatic rings. The number of hydrogen-bond donors (Lipinski definition) is 2. The van der Waals surface area contributed by atoms with Crippen LogP contribution in [-0.2, 0) is 6.42 Å². The highest BCUT2D eigenvalue weighted by atomic mass is 16.5. The van der Waals surface area contributed by atoms with Crippen LogP contribution in [0.15, 0.2) is 77.9 Å². The van der Waals surface area contributed by atoms with Gasteiger partial charge >= 0.3 is 0 Å². The Balaban J connectivity index is 1.39. The summed E-state index contributed by atoms with van der Waals surface area (Å²) in [4.78, 5) is 20.5. The summed E-state index contributed by atoms with van der Waals surface area (Å²) < 4.78 is 5.71. The first-order chi connectivity index (χ1) is 15.7. The van der Waals surface area contributed by atoms with Gasteiger partial charge in [-0.2, -0.15) is 5.10 Å². The third-order valence-electron chi connectivity index (χ3n) is 5.01. The van der Waals surface area contributed by atoms with E-state index in [-0.39, 0.29) is 5.91 Å². The third kappa shape index (κ3) is 5.60. The van der Waals surface area contributed by atoms with Crippen molar-refractivity contribution in [3.63, 3.8) is 0 Å². The number of hydrazone groups is 1. The van der Waals surface area contributed by atoms with Crippen molar-refractivity contribution in [2.24, 2.45) is 5.10 Å². The van der Waals surface area contributed by atoms with Gasteiger partial charge in [0, 0.05) is 12.0 Å². The lowest BCUT2D eigenvalue weighted by Crippen LogP contribution is -2.17. The van der Waals surface area contributed by atoms with Gasteiger partial charge in [-0.25, -0.2) is 10.4 Å². The monoisotopic (exact) mass is 426 g/mol. The SMILES string of the molecule is CCCCOc1cccc(/C=N\NC(=O)c2ccc3nc(Cc4ccccc4)[nH]c3c2)c1. The average molecular weight is 427 g/mol. The lowest BCUT2D eigenvalue weighted by Gasteiger charge is -2.05. The molecule has 0 aliphatic rings. The minimum absolute atomic E-state index is 0.280. The summed E-state index contributed by atoms with van der Waals surface area (Å²) in [5.41, 5.74) is 6.79. The van der Waals surface area contributed by atoms with Crippen LogP contribution in [0, 0.1) is 0 Å². The number of rotatable bonds is 9. The van der Waals surface area contributed by atoms with Gasteiger partial charge in [-0.05, 0) is 47.9 Å². The zero-order valence-electron chi connectivity index (χ0n) is 18.0. The summed E-state index contributed by atoms with van der Waals surface area (Å²) in [7, 11) is 0. The molecule has 3 aromatic carbocycles. The number of imidazole rings is 1. The zero-order chi connectivity index (χ0) is 22.2. The minimum atomic E-state index is -0.280. The molecular formula is C26H26N4O2. The number of nitrogens with zero attached hydrogens (tertiary/aromatic N) is 2. The van der Waals surface area contributed by atoms with Crippen LogP contribution in [0.2, 0.25) is 0 Å². The molecule has 0 unspecified atom stereocenters. The van der Waals surface area contributed by atoms with Crippen LogP contribution < -0.4 is 10.2 Å². The molecule has 6 heteroatoms. The molecule has 2 N–H and O–H groups in total. The van der Waals surface area contributed by atoms with Gasteiger partial charge in [0.1, 0.15) is 11.6 Å². The van der Waals surface area contributed by atoms with E-state index < -0.39 is 0 Å². The first kappa shape index (κ1) is 21.3. The summed E-state index contributed by atoms with van der Waals surface area (Å²) in [6.07, 6.45) is 4.43. The van der Waals surface area contributed by atoms with Gasteiger partial charge < -0.3 is 9.72 Å². The van der Waals surface area contributed by atoms with E-state index >= 15 is 0 Å². The standard InChI is InChI=1S/C26H26N4O2/c1-2-3-14-32-22-11-7-10-20(15-22)18-27-30-26(31)21-12-13-23-24(17-21)29-25(28-23)16-19-8-5-4-6-9-19/h4-13,15,17-18H,2-3,14,16H2,1H3,(H,28,29)(H,30,31)/b27-18-. The summed E-state index contributed by atoms with van der Waals surface area (Å²) >= 11 is 0. The fourth-order valence-corrected chi connectivity index (χ4v) is 3.33. The topological polar surface area (TPSA) is 79.4 Å². The number of amides is 1. The maximum atomic E-state index is 12.5. The van der Waals surface area contributed by atoms with E-state index in [0.717, 1.165) is 41.0 Å². The Morgan fingerprint density at radius 3 is 2.81 bits per heavy atom. The van der Waals surface area contributed by atoms with Crippen molar-refractivity contribution in [1.29, 1.82) is 0 Å². The Bertz CT molecular complexity index is 1210. The highest BCUT2D eigenvalue weighted by Gasteiger charge is 2.09. The van der Waals surface area contributed by atoms with E-state index in [1.807, 2.05) is 48.5 Å². The van der Waals surface area contributed by atoms with Gasteiger partial charge in [0.15, 0.2) is 0 Å². The van der Waals surface area contributed by atoms with E-state index in [1.165, 1.54) is 5.56 Å². The second-order valence-electron chi connectivity index (χ2n) is 7.55. The normalized spacial score (nSPS) is 11.2. The first-order valence-electron chi connectivity index (χ1n) is 10.8.